The van der Waals surface area contributed by atoms with Gasteiger partial charge in [-0.15, -0.1) is 11.3 Å². The number of thiophene rings is 1. The summed E-state index contributed by atoms with van der Waals surface area (Å²) in [5.41, 5.74) is 2.15. The lowest BCUT2D eigenvalue weighted by Gasteiger charge is -2.35. The summed E-state index contributed by atoms with van der Waals surface area (Å²) < 4.78 is 0. The van der Waals surface area contributed by atoms with E-state index < -0.39 is 0 Å². The molecule has 148 valence electrons. The number of hydrogen-bond donors (Lipinski definition) is 4. The van der Waals surface area contributed by atoms with Crippen LogP contribution in [-0.2, 0) is 0 Å². The van der Waals surface area contributed by atoms with Crippen LogP contribution in [0.3, 0.4) is 0 Å². The molecule has 0 amide bonds. The van der Waals surface area contributed by atoms with Crippen LogP contribution in [0.15, 0.2) is 29.8 Å². The zero-order valence-corrected chi connectivity index (χ0v) is 17.1. The fraction of sp³-hybridized carbons (Fsp3) is 0.421. The van der Waals surface area contributed by atoms with E-state index in [9.17, 15) is 0 Å². The predicted molar refractivity (Wildman–Crippen MR) is 115 cm³/mol. The van der Waals surface area contributed by atoms with Gasteiger partial charge in [0.1, 0.15) is 10.6 Å². The maximum atomic E-state index is 4.73. The SMILES string of the molecule is C=C(CNC)N1CCC(Nc2nc(Nc3cc(C)[nH]n3)c3ccsc3n2)CC1. The molecule has 0 aromatic carbocycles. The van der Waals surface area contributed by atoms with Crippen molar-refractivity contribution < 1.29 is 0 Å². The predicted octanol–water partition coefficient (Wildman–Crippen LogP) is 3.08. The van der Waals surface area contributed by atoms with Gasteiger partial charge in [0.15, 0.2) is 5.82 Å². The van der Waals surface area contributed by atoms with Crippen LogP contribution in [0, 0.1) is 6.92 Å². The van der Waals surface area contributed by atoms with Gasteiger partial charge < -0.3 is 20.9 Å². The Bertz CT molecular complexity index is 954. The summed E-state index contributed by atoms with van der Waals surface area (Å²) in [5, 5.41) is 20.3. The van der Waals surface area contributed by atoms with Gasteiger partial charge in [-0.05, 0) is 38.3 Å². The maximum Gasteiger partial charge on any atom is 0.226 e. The number of rotatable bonds is 7. The highest BCUT2D eigenvalue weighted by molar-refractivity contribution is 7.16. The Balaban J connectivity index is 1.46. The number of likely N-dealkylation sites (N-methyl/N-ethyl adjacent to an activating group) is 1. The number of aryl methyl sites for hydroxylation is 1. The molecule has 0 atom stereocenters. The summed E-state index contributed by atoms with van der Waals surface area (Å²) >= 11 is 1.62. The van der Waals surface area contributed by atoms with Crippen molar-refractivity contribution in [2.24, 2.45) is 0 Å². The number of fused-ring (bicyclic) bond motifs is 1. The fourth-order valence-corrected chi connectivity index (χ4v) is 4.22. The van der Waals surface area contributed by atoms with E-state index in [0.717, 1.165) is 65.7 Å². The van der Waals surface area contributed by atoms with Gasteiger partial charge in [-0.25, -0.2) is 4.98 Å². The molecule has 4 heterocycles. The molecule has 0 spiro atoms. The Kier molecular flexibility index (Phi) is 5.45. The third-order valence-corrected chi connectivity index (χ3v) is 5.74. The highest BCUT2D eigenvalue weighted by atomic mass is 32.1. The molecule has 0 unspecified atom stereocenters. The van der Waals surface area contributed by atoms with Crippen molar-refractivity contribution in [2.75, 3.05) is 37.3 Å². The second-order valence-corrected chi connectivity index (χ2v) is 7.99. The highest BCUT2D eigenvalue weighted by Crippen LogP contribution is 2.29. The van der Waals surface area contributed by atoms with E-state index in [1.807, 2.05) is 31.5 Å². The molecule has 1 aliphatic heterocycles. The molecule has 4 rings (SSSR count). The Morgan fingerprint density at radius 2 is 2.18 bits per heavy atom. The van der Waals surface area contributed by atoms with Crippen molar-refractivity contribution in [1.82, 2.24) is 30.4 Å². The topological polar surface area (TPSA) is 93.8 Å². The van der Waals surface area contributed by atoms with E-state index in [-0.39, 0.29) is 0 Å². The third kappa shape index (κ3) is 4.10. The molecule has 3 aromatic heterocycles. The van der Waals surface area contributed by atoms with Gasteiger partial charge in [-0.1, -0.05) is 6.58 Å². The van der Waals surface area contributed by atoms with Gasteiger partial charge in [0, 0.05) is 43.1 Å². The van der Waals surface area contributed by atoms with Gasteiger partial charge >= 0.3 is 0 Å². The number of nitrogens with one attached hydrogen (secondary N) is 4. The molecule has 8 nitrogen and oxygen atoms in total. The second-order valence-electron chi connectivity index (χ2n) is 7.10. The number of nitrogens with zero attached hydrogens (tertiary/aromatic N) is 4. The van der Waals surface area contributed by atoms with E-state index >= 15 is 0 Å². The summed E-state index contributed by atoms with van der Waals surface area (Å²) in [5.74, 6) is 2.20. The molecule has 4 N–H and O–H groups in total. The first-order chi connectivity index (χ1) is 13.6. The molecule has 1 fully saturated rings. The lowest BCUT2D eigenvalue weighted by Crippen LogP contribution is -2.40. The van der Waals surface area contributed by atoms with Crippen LogP contribution in [0.25, 0.3) is 10.2 Å². The van der Waals surface area contributed by atoms with Crippen molar-refractivity contribution in [3.63, 3.8) is 0 Å². The van der Waals surface area contributed by atoms with E-state index in [1.165, 1.54) is 0 Å². The first-order valence-corrected chi connectivity index (χ1v) is 10.4. The Morgan fingerprint density at radius 3 is 2.89 bits per heavy atom. The number of piperidine rings is 1. The van der Waals surface area contributed by atoms with Gasteiger partial charge in [0.05, 0.1) is 5.39 Å². The Labute approximate surface area is 168 Å². The van der Waals surface area contributed by atoms with Crippen LogP contribution in [0.4, 0.5) is 17.6 Å². The maximum absolute atomic E-state index is 4.73. The van der Waals surface area contributed by atoms with Crippen LogP contribution in [0.5, 0.6) is 0 Å². The number of aromatic amines is 1. The molecule has 1 saturated heterocycles. The van der Waals surface area contributed by atoms with Gasteiger partial charge in [-0.2, -0.15) is 10.1 Å². The van der Waals surface area contributed by atoms with Crippen LogP contribution in [-0.4, -0.2) is 57.8 Å². The standard InChI is InChI=1S/C19H26N8S/c1-12-10-16(26-25-12)22-17-15-6-9-28-18(15)24-19(23-17)21-14-4-7-27(8-5-14)13(2)11-20-3/h6,9-10,14,20H,2,4-5,7-8,11H2,1,3H3,(H3,21,22,23,24,25,26). The third-order valence-electron chi connectivity index (χ3n) is 4.93. The summed E-state index contributed by atoms with van der Waals surface area (Å²) in [6.07, 6.45) is 2.08. The zero-order chi connectivity index (χ0) is 19.5. The smallest absolute Gasteiger partial charge is 0.226 e. The van der Waals surface area contributed by atoms with Crippen LogP contribution in [0.2, 0.25) is 0 Å². The molecule has 1 aliphatic rings. The van der Waals surface area contributed by atoms with Crippen molar-refractivity contribution in [3.8, 4) is 0 Å². The normalized spacial score (nSPS) is 15.1. The van der Waals surface area contributed by atoms with Gasteiger partial charge in [0.2, 0.25) is 5.95 Å². The van der Waals surface area contributed by atoms with E-state index in [4.69, 9.17) is 9.97 Å². The lowest BCUT2D eigenvalue weighted by atomic mass is 10.0. The molecular weight excluding hydrogens is 372 g/mol. The van der Waals surface area contributed by atoms with E-state index in [1.54, 1.807) is 11.3 Å². The minimum absolute atomic E-state index is 0.358. The molecule has 0 aliphatic carbocycles. The monoisotopic (exact) mass is 398 g/mol. The van der Waals surface area contributed by atoms with Crippen LogP contribution < -0.4 is 16.0 Å². The van der Waals surface area contributed by atoms with Crippen LogP contribution >= 0.6 is 11.3 Å². The number of likely N-dealkylation sites (tertiary alicyclic amines) is 1. The summed E-state index contributed by atoms with van der Waals surface area (Å²) in [6.45, 7) is 8.96. The molecule has 0 saturated carbocycles. The minimum Gasteiger partial charge on any atom is -0.374 e. The van der Waals surface area contributed by atoms with E-state index in [2.05, 4.69) is 37.6 Å². The van der Waals surface area contributed by atoms with Gasteiger partial charge in [-0.3, -0.25) is 5.10 Å². The van der Waals surface area contributed by atoms with Gasteiger partial charge in [0.25, 0.3) is 0 Å². The molecular formula is C19H26N8S. The number of anilines is 3. The molecule has 3 aromatic rings. The number of hydrogen-bond acceptors (Lipinski definition) is 8. The molecule has 9 heteroatoms. The number of H-pyrrole nitrogens is 1. The van der Waals surface area contributed by atoms with Crippen molar-refractivity contribution >= 4 is 39.1 Å². The van der Waals surface area contributed by atoms with Crippen molar-refractivity contribution in [3.05, 3.63) is 35.5 Å². The average molecular weight is 399 g/mol. The molecule has 0 radical (unpaired) electrons. The van der Waals surface area contributed by atoms with Crippen LogP contribution in [0.1, 0.15) is 18.5 Å². The largest absolute Gasteiger partial charge is 0.374 e. The fourth-order valence-electron chi connectivity index (χ4n) is 3.46. The first-order valence-electron chi connectivity index (χ1n) is 9.50. The first kappa shape index (κ1) is 18.7. The Morgan fingerprint density at radius 1 is 1.36 bits per heavy atom. The number of aromatic nitrogens is 4. The lowest BCUT2D eigenvalue weighted by molar-refractivity contribution is 0.267. The summed E-state index contributed by atoms with van der Waals surface area (Å²) in [6, 6.07) is 4.36. The quantitative estimate of drug-likeness (QED) is 0.486. The average Bonchev–Trinajstić information content (AvgIpc) is 3.31. The minimum atomic E-state index is 0.358. The summed E-state index contributed by atoms with van der Waals surface area (Å²) in [4.78, 5) is 12.8. The second kappa shape index (κ2) is 8.15. The zero-order valence-electron chi connectivity index (χ0n) is 16.2. The van der Waals surface area contributed by atoms with E-state index in [0.29, 0.717) is 12.0 Å². The van der Waals surface area contributed by atoms with Crippen molar-refractivity contribution in [2.45, 2.75) is 25.8 Å². The van der Waals surface area contributed by atoms with Crippen molar-refractivity contribution in [1.29, 1.82) is 0 Å². The Hall–Kier alpha value is -2.65. The highest BCUT2D eigenvalue weighted by Gasteiger charge is 2.21. The molecule has 0 bridgehead atoms. The summed E-state index contributed by atoms with van der Waals surface area (Å²) in [7, 11) is 1.95. The molecule has 28 heavy (non-hydrogen) atoms.